The van der Waals surface area contributed by atoms with Gasteiger partial charge in [-0.15, -0.1) is 11.3 Å². The summed E-state index contributed by atoms with van der Waals surface area (Å²) in [7, 11) is 0. The molecule has 0 spiro atoms. The Hall–Kier alpha value is -2.29. The van der Waals surface area contributed by atoms with Crippen LogP contribution in [-0.4, -0.2) is 82.7 Å². The number of rotatable bonds is 6. The first-order valence-corrected chi connectivity index (χ1v) is 12.3. The van der Waals surface area contributed by atoms with Gasteiger partial charge < -0.3 is 9.80 Å². The summed E-state index contributed by atoms with van der Waals surface area (Å²) >= 11 is 1.51. The molecule has 0 radical (unpaired) electrons. The van der Waals surface area contributed by atoms with E-state index >= 15 is 0 Å². The molecule has 0 bridgehead atoms. The molecule has 32 heavy (non-hydrogen) atoms. The third-order valence-electron chi connectivity index (χ3n) is 6.65. The van der Waals surface area contributed by atoms with Crippen LogP contribution in [0.25, 0.3) is 10.2 Å². The molecule has 0 aliphatic carbocycles. The van der Waals surface area contributed by atoms with E-state index < -0.39 is 0 Å². The zero-order valence-corrected chi connectivity index (χ0v) is 19.4. The maximum absolute atomic E-state index is 13.2. The lowest BCUT2D eigenvalue weighted by Gasteiger charge is -2.35. The lowest BCUT2D eigenvalue weighted by atomic mass is 10.2. The van der Waals surface area contributed by atoms with Gasteiger partial charge in [-0.1, -0.05) is 12.1 Å². The molecule has 2 fully saturated rings. The molecule has 0 unspecified atom stereocenters. The number of aryl methyl sites for hydroxylation is 1. The van der Waals surface area contributed by atoms with Crippen LogP contribution < -0.4 is 0 Å². The number of likely N-dealkylation sites (tertiary alicyclic amines) is 1. The van der Waals surface area contributed by atoms with Crippen molar-refractivity contribution in [2.75, 3.05) is 52.4 Å². The molecule has 4 heterocycles. The van der Waals surface area contributed by atoms with Gasteiger partial charge in [-0.25, -0.2) is 4.39 Å². The summed E-state index contributed by atoms with van der Waals surface area (Å²) in [4.78, 5) is 22.0. The van der Waals surface area contributed by atoms with E-state index in [1.54, 1.807) is 12.1 Å². The van der Waals surface area contributed by atoms with Crippen molar-refractivity contribution in [3.8, 4) is 0 Å². The maximum Gasteiger partial charge on any atom is 0.264 e. The van der Waals surface area contributed by atoms with E-state index in [2.05, 4.69) is 14.9 Å². The Kier molecular flexibility index (Phi) is 6.26. The molecule has 1 aromatic carbocycles. The Morgan fingerprint density at radius 3 is 2.34 bits per heavy atom. The van der Waals surface area contributed by atoms with Crippen LogP contribution in [0.1, 0.15) is 33.8 Å². The largest absolute Gasteiger partial charge is 0.335 e. The van der Waals surface area contributed by atoms with Crippen LogP contribution in [0.3, 0.4) is 0 Å². The highest BCUT2D eigenvalue weighted by atomic mass is 32.1. The van der Waals surface area contributed by atoms with Crippen LogP contribution in [-0.2, 0) is 6.54 Å². The second kappa shape index (κ2) is 9.29. The van der Waals surface area contributed by atoms with Gasteiger partial charge in [0.25, 0.3) is 5.91 Å². The predicted octanol–water partition coefficient (Wildman–Crippen LogP) is 3.45. The number of piperazine rings is 1. The van der Waals surface area contributed by atoms with Crippen molar-refractivity contribution < 1.29 is 9.18 Å². The zero-order valence-electron chi connectivity index (χ0n) is 18.6. The van der Waals surface area contributed by atoms with Crippen molar-refractivity contribution in [1.29, 1.82) is 0 Å². The van der Waals surface area contributed by atoms with Crippen LogP contribution in [0.4, 0.5) is 4.39 Å². The highest BCUT2D eigenvalue weighted by molar-refractivity contribution is 7.20. The number of nitrogens with zero attached hydrogens (tertiary/aromatic N) is 5. The molecule has 3 aromatic rings. The molecule has 6 nitrogen and oxygen atoms in total. The molecular formula is C24H30FN5OS. The molecule has 8 heteroatoms. The number of fused-ring (bicyclic) bond motifs is 1. The number of benzene rings is 1. The van der Waals surface area contributed by atoms with E-state index in [0.29, 0.717) is 6.54 Å². The fourth-order valence-electron chi connectivity index (χ4n) is 4.71. The standard InChI is InChI=1S/C24H30FN5OS/c1-18-21-16-22(32-24(21)30(26-18)17-19-4-6-20(25)7-5-19)23(31)29-14-12-28(13-15-29)11-10-27-8-2-3-9-27/h4-7,16H,2-3,8-15,17H2,1H3. The van der Waals surface area contributed by atoms with Crippen LogP contribution in [0.5, 0.6) is 0 Å². The van der Waals surface area contributed by atoms with Crippen LogP contribution in [0.15, 0.2) is 30.3 Å². The lowest BCUT2D eigenvalue weighted by molar-refractivity contribution is 0.0631. The van der Waals surface area contributed by atoms with Crippen molar-refractivity contribution >= 4 is 27.5 Å². The lowest BCUT2D eigenvalue weighted by Crippen LogP contribution is -2.50. The predicted molar refractivity (Wildman–Crippen MR) is 126 cm³/mol. The molecule has 1 amide bonds. The number of carbonyl (C=O) groups is 1. The van der Waals surface area contributed by atoms with Gasteiger partial charge in [0.2, 0.25) is 0 Å². The maximum atomic E-state index is 13.2. The third-order valence-corrected chi connectivity index (χ3v) is 7.79. The molecular weight excluding hydrogens is 425 g/mol. The normalized spacial score (nSPS) is 18.1. The summed E-state index contributed by atoms with van der Waals surface area (Å²) in [5.74, 6) is -0.117. The fourth-order valence-corrected chi connectivity index (χ4v) is 5.84. The van der Waals surface area contributed by atoms with Gasteiger partial charge in [-0.05, 0) is 56.6 Å². The summed E-state index contributed by atoms with van der Waals surface area (Å²) in [5.41, 5.74) is 1.91. The van der Waals surface area contributed by atoms with Gasteiger partial charge >= 0.3 is 0 Å². The van der Waals surface area contributed by atoms with Gasteiger partial charge in [-0.3, -0.25) is 14.4 Å². The Morgan fingerprint density at radius 2 is 1.66 bits per heavy atom. The number of hydrogen-bond acceptors (Lipinski definition) is 5. The summed E-state index contributed by atoms with van der Waals surface area (Å²) in [6.07, 6.45) is 2.66. The van der Waals surface area contributed by atoms with Crippen molar-refractivity contribution in [2.24, 2.45) is 0 Å². The van der Waals surface area contributed by atoms with Gasteiger partial charge in [0.15, 0.2) is 0 Å². The monoisotopic (exact) mass is 455 g/mol. The Bertz CT molecular complexity index is 1080. The molecule has 5 rings (SSSR count). The van der Waals surface area contributed by atoms with Gasteiger partial charge in [0, 0.05) is 44.7 Å². The van der Waals surface area contributed by atoms with E-state index in [1.165, 1.54) is 49.4 Å². The molecule has 0 atom stereocenters. The minimum atomic E-state index is -0.240. The molecule has 2 saturated heterocycles. The first-order valence-electron chi connectivity index (χ1n) is 11.5. The summed E-state index contributed by atoms with van der Waals surface area (Å²) in [6, 6.07) is 8.49. The molecule has 2 aromatic heterocycles. The van der Waals surface area contributed by atoms with Crippen LogP contribution in [0, 0.1) is 12.7 Å². The van der Waals surface area contributed by atoms with Gasteiger partial charge in [0.05, 0.1) is 17.1 Å². The zero-order chi connectivity index (χ0) is 22.1. The molecule has 170 valence electrons. The van der Waals surface area contributed by atoms with E-state index in [9.17, 15) is 9.18 Å². The van der Waals surface area contributed by atoms with Crippen molar-refractivity contribution in [1.82, 2.24) is 24.5 Å². The number of halogens is 1. The van der Waals surface area contributed by atoms with Crippen LogP contribution in [0.2, 0.25) is 0 Å². The topological polar surface area (TPSA) is 44.6 Å². The van der Waals surface area contributed by atoms with Crippen molar-refractivity contribution in [2.45, 2.75) is 26.3 Å². The number of amides is 1. The van der Waals surface area contributed by atoms with Crippen LogP contribution >= 0.6 is 11.3 Å². The Labute approximate surface area is 192 Å². The summed E-state index contributed by atoms with van der Waals surface area (Å²) < 4.78 is 15.1. The first-order chi connectivity index (χ1) is 15.6. The smallest absolute Gasteiger partial charge is 0.264 e. The van der Waals surface area contributed by atoms with Gasteiger partial charge in [-0.2, -0.15) is 5.10 Å². The average Bonchev–Trinajstić information content (AvgIpc) is 3.53. The highest BCUT2D eigenvalue weighted by Gasteiger charge is 2.25. The minimum absolute atomic E-state index is 0.123. The summed E-state index contributed by atoms with van der Waals surface area (Å²) in [6.45, 7) is 10.7. The van der Waals surface area contributed by atoms with Crippen molar-refractivity contribution in [3.05, 3.63) is 52.3 Å². The number of hydrogen-bond donors (Lipinski definition) is 0. The quantitative estimate of drug-likeness (QED) is 0.571. The SMILES string of the molecule is Cc1nn(Cc2ccc(F)cc2)c2sc(C(=O)N3CCN(CCN4CCCC4)CC3)cc12. The first kappa shape index (κ1) is 21.6. The second-order valence-corrected chi connectivity index (χ2v) is 9.91. The third kappa shape index (κ3) is 4.58. The second-order valence-electron chi connectivity index (χ2n) is 8.88. The van der Waals surface area contributed by atoms with E-state index in [1.807, 2.05) is 22.6 Å². The molecule has 0 saturated carbocycles. The van der Waals surface area contributed by atoms with E-state index in [0.717, 1.165) is 65.6 Å². The molecule has 0 N–H and O–H groups in total. The van der Waals surface area contributed by atoms with E-state index in [4.69, 9.17) is 0 Å². The van der Waals surface area contributed by atoms with Crippen molar-refractivity contribution in [3.63, 3.8) is 0 Å². The fraction of sp³-hybridized carbons (Fsp3) is 0.500. The number of aromatic nitrogens is 2. The molecule has 2 aliphatic rings. The number of carbonyl (C=O) groups excluding carboxylic acids is 1. The molecule has 2 aliphatic heterocycles. The van der Waals surface area contributed by atoms with Gasteiger partial charge in [0.1, 0.15) is 10.6 Å². The summed E-state index contributed by atoms with van der Waals surface area (Å²) in [5, 5.41) is 5.67. The Balaban J connectivity index is 1.22. The van der Waals surface area contributed by atoms with E-state index in [-0.39, 0.29) is 11.7 Å². The number of thiophene rings is 1. The highest BCUT2D eigenvalue weighted by Crippen LogP contribution is 2.30. The Morgan fingerprint density at radius 1 is 1.00 bits per heavy atom. The average molecular weight is 456 g/mol. The minimum Gasteiger partial charge on any atom is -0.335 e.